The van der Waals surface area contributed by atoms with Crippen molar-refractivity contribution in [2.24, 2.45) is 0 Å². The third-order valence-corrected chi connectivity index (χ3v) is 6.40. The van der Waals surface area contributed by atoms with E-state index in [2.05, 4.69) is 14.9 Å². The third kappa shape index (κ3) is 6.65. The third-order valence-electron chi connectivity index (χ3n) is 5.07. The number of benzene rings is 3. The van der Waals surface area contributed by atoms with Crippen molar-refractivity contribution in [1.29, 1.82) is 0 Å². The largest absolute Gasteiger partial charge is 0.497 e. The van der Waals surface area contributed by atoms with Crippen molar-refractivity contribution < 1.29 is 18.5 Å². The Bertz CT molecular complexity index is 1310. The lowest BCUT2D eigenvalue weighted by Gasteiger charge is -2.08. The van der Waals surface area contributed by atoms with Crippen LogP contribution >= 0.6 is 11.6 Å². The number of nitrogens with one attached hydrogen (secondary N) is 1. The Morgan fingerprint density at radius 1 is 0.971 bits per heavy atom. The number of halogens is 1. The van der Waals surface area contributed by atoms with E-state index >= 15 is 0 Å². The first-order valence-electron chi connectivity index (χ1n) is 10.7. The molecule has 178 valence electrons. The molecule has 35 heavy (non-hydrogen) atoms. The highest BCUT2D eigenvalue weighted by atomic mass is 35.5. The summed E-state index contributed by atoms with van der Waals surface area (Å²) < 4.78 is 25.8. The summed E-state index contributed by atoms with van der Waals surface area (Å²) in [5, 5.41) is 9.04. The van der Waals surface area contributed by atoms with Gasteiger partial charge in [-0.15, -0.1) is 10.2 Å². The van der Waals surface area contributed by atoms with Gasteiger partial charge in [-0.25, -0.2) is 4.21 Å². The monoisotopic (exact) mass is 507 g/mol. The Balaban J connectivity index is 1.36. The fraction of sp³-hybridized carbons (Fsp3) is 0.115. The number of ether oxygens (including phenoxy) is 2. The molecule has 9 heteroatoms. The molecule has 1 N–H and O–H groups in total. The van der Waals surface area contributed by atoms with Crippen LogP contribution in [0.5, 0.6) is 11.6 Å². The second kappa shape index (κ2) is 11.6. The van der Waals surface area contributed by atoms with E-state index in [1.54, 1.807) is 61.7 Å². The van der Waals surface area contributed by atoms with Crippen LogP contribution < -0.4 is 14.2 Å². The Labute approximate surface area is 210 Å². The second-order valence-electron chi connectivity index (χ2n) is 7.44. The zero-order valence-corrected chi connectivity index (χ0v) is 20.4. The van der Waals surface area contributed by atoms with E-state index in [-0.39, 0.29) is 0 Å². The maximum atomic E-state index is 12.7. The van der Waals surface area contributed by atoms with Crippen molar-refractivity contribution in [3.63, 3.8) is 0 Å². The summed E-state index contributed by atoms with van der Waals surface area (Å²) in [4.78, 5) is 13.1. The van der Waals surface area contributed by atoms with Crippen molar-refractivity contribution in [1.82, 2.24) is 14.9 Å². The zero-order chi connectivity index (χ0) is 24.6. The molecule has 1 heterocycles. The van der Waals surface area contributed by atoms with Gasteiger partial charge in [-0.1, -0.05) is 35.9 Å². The normalized spacial score (nSPS) is 11.5. The second-order valence-corrected chi connectivity index (χ2v) is 9.09. The van der Waals surface area contributed by atoms with E-state index in [0.717, 1.165) is 12.0 Å². The minimum absolute atomic E-state index is 0.356. The molecule has 1 amide bonds. The average molecular weight is 508 g/mol. The van der Waals surface area contributed by atoms with Crippen molar-refractivity contribution >= 4 is 28.5 Å². The SMILES string of the molecule is COc1ccc(S(=O)NC(=O)c2cccc(-c3ccc(OCCc4ccc(Cl)cc4)nn3)c2)cc1. The fourth-order valence-electron chi connectivity index (χ4n) is 3.20. The van der Waals surface area contributed by atoms with Gasteiger partial charge in [-0.05, 0) is 60.2 Å². The quantitative estimate of drug-likeness (QED) is 0.347. The van der Waals surface area contributed by atoms with Gasteiger partial charge in [0.2, 0.25) is 5.88 Å². The fourth-order valence-corrected chi connectivity index (χ4v) is 4.11. The molecule has 0 spiro atoms. The number of methoxy groups -OCH3 is 1. The molecule has 0 aliphatic heterocycles. The molecule has 4 aromatic rings. The van der Waals surface area contributed by atoms with Gasteiger partial charge in [0.25, 0.3) is 5.91 Å². The van der Waals surface area contributed by atoms with E-state index in [1.165, 1.54) is 0 Å². The van der Waals surface area contributed by atoms with Crippen molar-refractivity contribution in [2.45, 2.75) is 11.3 Å². The van der Waals surface area contributed by atoms with E-state index in [0.29, 0.717) is 45.0 Å². The van der Waals surface area contributed by atoms with Gasteiger partial charge in [0.05, 0.1) is 24.3 Å². The summed E-state index contributed by atoms with van der Waals surface area (Å²) in [7, 11) is -0.153. The first-order chi connectivity index (χ1) is 17.0. The Morgan fingerprint density at radius 3 is 2.43 bits per heavy atom. The lowest BCUT2D eigenvalue weighted by atomic mass is 10.1. The topological polar surface area (TPSA) is 90.4 Å². The van der Waals surface area contributed by atoms with Crippen LogP contribution in [0.15, 0.2) is 89.8 Å². The number of hydrogen-bond acceptors (Lipinski definition) is 6. The van der Waals surface area contributed by atoms with Crippen LogP contribution in [0, 0.1) is 0 Å². The molecular formula is C26H22ClN3O4S. The van der Waals surface area contributed by atoms with Crippen LogP contribution in [0.4, 0.5) is 0 Å². The number of amides is 1. The van der Waals surface area contributed by atoms with Crippen LogP contribution in [-0.4, -0.2) is 34.0 Å². The van der Waals surface area contributed by atoms with Gasteiger partial charge in [-0.3, -0.25) is 9.52 Å². The standard InChI is InChI=1S/C26H22ClN3O4S/c1-33-22-9-11-23(12-10-22)35(32)30-26(31)20-4-2-3-19(17-20)24-13-14-25(29-28-24)34-16-15-18-5-7-21(27)8-6-18/h2-14,17H,15-16H2,1H3,(H,30,31). The first-order valence-corrected chi connectivity index (χ1v) is 12.2. The summed E-state index contributed by atoms with van der Waals surface area (Å²) in [5.74, 6) is 0.589. The highest BCUT2D eigenvalue weighted by Gasteiger charge is 2.13. The zero-order valence-electron chi connectivity index (χ0n) is 18.8. The van der Waals surface area contributed by atoms with Gasteiger partial charge in [0.1, 0.15) is 5.75 Å². The highest BCUT2D eigenvalue weighted by molar-refractivity contribution is 7.83. The molecule has 1 aromatic heterocycles. The molecule has 0 fully saturated rings. The van der Waals surface area contributed by atoms with E-state index in [1.807, 2.05) is 30.3 Å². The smallest absolute Gasteiger partial charge is 0.263 e. The maximum Gasteiger partial charge on any atom is 0.263 e. The molecule has 0 radical (unpaired) electrons. The van der Waals surface area contributed by atoms with Gasteiger partial charge < -0.3 is 9.47 Å². The number of rotatable bonds is 9. The minimum Gasteiger partial charge on any atom is -0.497 e. The molecule has 1 unspecified atom stereocenters. The molecule has 3 aromatic carbocycles. The molecule has 0 saturated carbocycles. The number of carbonyl (C=O) groups is 1. The molecular weight excluding hydrogens is 486 g/mol. The number of aromatic nitrogens is 2. The summed E-state index contributed by atoms with van der Waals surface area (Å²) in [5.41, 5.74) is 2.76. The molecule has 1 atom stereocenters. The first kappa shape index (κ1) is 24.4. The molecule has 0 aliphatic carbocycles. The summed E-state index contributed by atoms with van der Waals surface area (Å²) >= 11 is 5.90. The molecule has 4 rings (SSSR count). The number of hydrogen-bond donors (Lipinski definition) is 1. The van der Waals surface area contributed by atoms with Crippen LogP contribution in [-0.2, 0) is 17.4 Å². The predicted molar refractivity (Wildman–Crippen MR) is 135 cm³/mol. The predicted octanol–water partition coefficient (Wildman–Crippen LogP) is 4.88. The molecule has 0 aliphatic rings. The molecule has 0 bridgehead atoms. The van der Waals surface area contributed by atoms with Crippen LogP contribution in [0.2, 0.25) is 5.02 Å². The van der Waals surface area contributed by atoms with Gasteiger partial charge >= 0.3 is 0 Å². The van der Waals surface area contributed by atoms with Crippen LogP contribution in [0.3, 0.4) is 0 Å². The summed E-state index contributed by atoms with van der Waals surface area (Å²) in [6.45, 7) is 0.455. The Kier molecular flexibility index (Phi) is 8.07. The van der Waals surface area contributed by atoms with Crippen molar-refractivity contribution in [3.8, 4) is 22.9 Å². The van der Waals surface area contributed by atoms with Gasteiger partial charge in [0, 0.05) is 28.6 Å². The van der Waals surface area contributed by atoms with Crippen LogP contribution in [0.25, 0.3) is 11.3 Å². The van der Waals surface area contributed by atoms with E-state index < -0.39 is 16.9 Å². The lowest BCUT2D eigenvalue weighted by molar-refractivity contribution is 0.0983. The highest BCUT2D eigenvalue weighted by Crippen LogP contribution is 2.20. The summed E-state index contributed by atoms with van der Waals surface area (Å²) in [6, 6.07) is 24.6. The lowest BCUT2D eigenvalue weighted by Crippen LogP contribution is -2.25. The number of carbonyl (C=O) groups excluding carboxylic acids is 1. The minimum atomic E-state index is -1.70. The van der Waals surface area contributed by atoms with Gasteiger partial charge in [0.15, 0.2) is 11.0 Å². The Morgan fingerprint density at radius 2 is 1.74 bits per heavy atom. The average Bonchev–Trinajstić information content (AvgIpc) is 2.90. The maximum absolute atomic E-state index is 12.7. The number of nitrogens with zero attached hydrogens (tertiary/aromatic N) is 2. The molecule has 7 nitrogen and oxygen atoms in total. The van der Waals surface area contributed by atoms with Crippen molar-refractivity contribution in [3.05, 3.63) is 101 Å². The van der Waals surface area contributed by atoms with Gasteiger partial charge in [-0.2, -0.15) is 0 Å². The van der Waals surface area contributed by atoms with Crippen LogP contribution in [0.1, 0.15) is 15.9 Å². The molecule has 0 saturated heterocycles. The van der Waals surface area contributed by atoms with E-state index in [4.69, 9.17) is 21.1 Å². The van der Waals surface area contributed by atoms with E-state index in [9.17, 15) is 9.00 Å². The van der Waals surface area contributed by atoms with Crippen molar-refractivity contribution in [2.75, 3.05) is 13.7 Å². The summed E-state index contributed by atoms with van der Waals surface area (Å²) in [6.07, 6.45) is 0.718. The Hall–Kier alpha value is -3.75.